The smallest absolute Gasteiger partial charge is 0.153 e. The minimum Gasteiger partial charge on any atom is -0.293 e. The molecule has 5 heteroatoms. The van der Waals surface area contributed by atoms with Gasteiger partial charge >= 0.3 is 0 Å². The average Bonchev–Trinajstić information content (AvgIpc) is 2.74. The number of sulfone groups is 1. The maximum Gasteiger partial charge on any atom is 0.153 e. The van der Waals surface area contributed by atoms with E-state index in [0.29, 0.717) is 24.0 Å². The molecule has 0 saturated carbocycles. The van der Waals surface area contributed by atoms with E-state index in [9.17, 15) is 8.42 Å². The Morgan fingerprint density at radius 2 is 2.05 bits per heavy atom. The summed E-state index contributed by atoms with van der Waals surface area (Å²) >= 11 is 1.91. The second-order valence-electron chi connectivity index (χ2n) is 7.18. The van der Waals surface area contributed by atoms with Crippen LogP contribution in [0.25, 0.3) is 0 Å². The van der Waals surface area contributed by atoms with Gasteiger partial charge in [0.05, 0.1) is 11.5 Å². The first-order valence-electron chi connectivity index (χ1n) is 7.25. The Morgan fingerprint density at radius 3 is 2.70 bits per heavy atom. The van der Waals surface area contributed by atoms with Crippen LogP contribution in [0.1, 0.15) is 48.9 Å². The van der Waals surface area contributed by atoms with Crippen molar-refractivity contribution in [3.63, 3.8) is 0 Å². The predicted molar refractivity (Wildman–Crippen MR) is 84.3 cm³/mol. The molecule has 20 heavy (non-hydrogen) atoms. The molecular formula is C15H23NO2S2. The predicted octanol–water partition coefficient (Wildman–Crippen LogP) is 2.76. The summed E-state index contributed by atoms with van der Waals surface area (Å²) < 4.78 is 23.8. The fourth-order valence-electron chi connectivity index (χ4n) is 3.24. The molecule has 0 N–H and O–H groups in total. The van der Waals surface area contributed by atoms with Crippen LogP contribution in [0.5, 0.6) is 0 Å². The van der Waals surface area contributed by atoms with E-state index in [4.69, 9.17) is 0 Å². The molecule has 0 bridgehead atoms. The number of hydrogen-bond acceptors (Lipinski definition) is 4. The molecule has 1 aromatic heterocycles. The molecule has 2 atom stereocenters. The maximum atomic E-state index is 11.9. The molecule has 2 unspecified atom stereocenters. The van der Waals surface area contributed by atoms with Gasteiger partial charge in [0.2, 0.25) is 0 Å². The van der Waals surface area contributed by atoms with E-state index >= 15 is 0 Å². The van der Waals surface area contributed by atoms with Crippen LogP contribution in [0.2, 0.25) is 0 Å². The van der Waals surface area contributed by atoms with Crippen LogP contribution < -0.4 is 0 Å². The van der Waals surface area contributed by atoms with E-state index in [0.717, 1.165) is 6.54 Å². The van der Waals surface area contributed by atoms with E-state index < -0.39 is 9.84 Å². The van der Waals surface area contributed by atoms with Gasteiger partial charge in [0, 0.05) is 28.9 Å². The summed E-state index contributed by atoms with van der Waals surface area (Å²) in [5, 5.41) is 0. The van der Waals surface area contributed by atoms with Crippen molar-refractivity contribution in [3.05, 3.63) is 21.4 Å². The van der Waals surface area contributed by atoms with Gasteiger partial charge in [-0.05, 0) is 23.0 Å². The van der Waals surface area contributed by atoms with Gasteiger partial charge in [-0.25, -0.2) is 8.42 Å². The monoisotopic (exact) mass is 313 g/mol. The zero-order valence-electron chi connectivity index (χ0n) is 12.6. The van der Waals surface area contributed by atoms with E-state index in [1.165, 1.54) is 15.3 Å². The van der Waals surface area contributed by atoms with Crippen molar-refractivity contribution in [1.29, 1.82) is 0 Å². The SMILES string of the molecule is CC1c2cc(C(C)(C)C)sc2CN2CCS(=O)(=O)CC12. The molecule has 0 aliphatic carbocycles. The highest BCUT2D eigenvalue weighted by molar-refractivity contribution is 7.91. The van der Waals surface area contributed by atoms with Crippen molar-refractivity contribution >= 4 is 21.2 Å². The normalized spacial score (nSPS) is 29.8. The third-order valence-electron chi connectivity index (χ3n) is 4.58. The van der Waals surface area contributed by atoms with Crippen LogP contribution in [0, 0.1) is 0 Å². The highest BCUT2D eigenvalue weighted by atomic mass is 32.2. The van der Waals surface area contributed by atoms with Crippen LogP contribution in [0.4, 0.5) is 0 Å². The first-order chi connectivity index (χ1) is 9.17. The number of fused-ring (bicyclic) bond motifs is 2. The molecule has 3 heterocycles. The fourth-order valence-corrected chi connectivity index (χ4v) is 6.29. The van der Waals surface area contributed by atoms with E-state index in [1.54, 1.807) is 0 Å². The molecule has 1 saturated heterocycles. The van der Waals surface area contributed by atoms with Crippen LogP contribution in [-0.2, 0) is 21.8 Å². The molecule has 0 spiro atoms. The molecule has 3 nitrogen and oxygen atoms in total. The number of nitrogens with zero attached hydrogens (tertiary/aromatic N) is 1. The van der Waals surface area contributed by atoms with Gasteiger partial charge in [-0.1, -0.05) is 27.7 Å². The molecule has 112 valence electrons. The lowest BCUT2D eigenvalue weighted by atomic mass is 9.87. The van der Waals surface area contributed by atoms with Crippen molar-refractivity contribution in [2.24, 2.45) is 0 Å². The average molecular weight is 313 g/mol. The first-order valence-corrected chi connectivity index (χ1v) is 9.89. The maximum absolute atomic E-state index is 11.9. The third-order valence-corrected chi connectivity index (χ3v) is 7.79. The van der Waals surface area contributed by atoms with Crippen molar-refractivity contribution in [2.45, 2.75) is 51.6 Å². The van der Waals surface area contributed by atoms with Gasteiger partial charge in [-0.3, -0.25) is 4.90 Å². The molecule has 3 rings (SSSR count). The Kier molecular flexibility index (Phi) is 3.31. The van der Waals surface area contributed by atoms with Crippen LogP contribution in [-0.4, -0.2) is 37.4 Å². The zero-order chi connectivity index (χ0) is 14.7. The Labute approximate surface area is 125 Å². The van der Waals surface area contributed by atoms with Crippen molar-refractivity contribution < 1.29 is 8.42 Å². The Bertz CT molecular complexity index is 625. The second-order valence-corrected chi connectivity index (χ2v) is 10.5. The molecule has 0 radical (unpaired) electrons. The van der Waals surface area contributed by atoms with Crippen LogP contribution >= 0.6 is 11.3 Å². The molecule has 1 aromatic rings. The summed E-state index contributed by atoms with van der Waals surface area (Å²) in [6.45, 7) is 10.5. The lowest BCUT2D eigenvalue weighted by Gasteiger charge is -2.42. The Balaban J connectivity index is 1.98. The third kappa shape index (κ3) is 2.44. The van der Waals surface area contributed by atoms with Crippen LogP contribution in [0.15, 0.2) is 6.07 Å². The molecule has 1 fully saturated rings. The van der Waals surface area contributed by atoms with Gasteiger partial charge in [0.25, 0.3) is 0 Å². The summed E-state index contributed by atoms with van der Waals surface area (Å²) in [6, 6.07) is 2.49. The summed E-state index contributed by atoms with van der Waals surface area (Å²) in [4.78, 5) is 5.23. The zero-order valence-corrected chi connectivity index (χ0v) is 14.3. The molecule has 2 aliphatic heterocycles. The largest absolute Gasteiger partial charge is 0.293 e. The summed E-state index contributed by atoms with van der Waals surface area (Å²) in [5.41, 5.74) is 1.56. The number of rotatable bonds is 0. The molecule has 0 aromatic carbocycles. The van der Waals surface area contributed by atoms with Gasteiger partial charge in [-0.15, -0.1) is 11.3 Å². The van der Waals surface area contributed by atoms with Crippen molar-refractivity contribution in [1.82, 2.24) is 4.90 Å². The Hall–Kier alpha value is -0.390. The second kappa shape index (κ2) is 4.55. The minimum atomic E-state index is -2.85. The summed E-state index contributed by atoms with van der Waals surface area (Å²) in [5.74, 6) is 0.971. The van der Waals surface area contributed by atoms with Crippen molar-refractivity contribution in [3.8, 4) is 0 Å². The molecular weight excluding hydrogens is 290 g/mol. The highest BCUT2D eigenvalue weighted by Gasteiger charge is 2.40. The van der Waals surface area contributed by atoms with Gasteiger partial charge in [0.1, 0.15) is 0 Å². The van der Waals surface area contributed by atoms with E-state index in [-0.39, 0.29) is 11.5 Å². The van der Waals surface area contributed by atoms with Crippen LogP contribution in [0.3, 0.4) is 0 Å². The lowest BCUT2D eigenvalue weighted by molar-refractivity contribution is 0.169. The van der Waals surface area contributed by atoms with Gasteiger partial charge in [-0.2, -0.15) is 0 Å². The standard InChI is InChI=1S/C15H23NO2S2/c1-10-11-7-14(15(2,3)4)19-13(11)8-16-5-6-20(17,18)9-12(10)16/h7,10,12H,5-6,8-9H2,1-4H3. The topological polar surface area (TPSA) is 37.4 Å². The van der Waals surface area contributed by atoms with E-state index in [1.807, 2.05) is 11.3 Å². The quantitative estimate of drug-likeness (QED) is 0.739. The highest BCUT2D eigenvalue weighted by Crippen LogP contribution is 2.42. The summed E-state index contributed by atoms with van der Waals surface area (Å²) in [6.07, 6.45) is 0. The van der Waals surface area contributed by atoms with E-state index in [2.05, 4.69) is 38.7 Å². The molecule has 2 aliphatic rings. The van der Waals surface area contributed by atoms with Gasteiger partial charge in [0.15, 0.2) is 9.84 Å². The van der Waals surface area contributed by atoms with Gasteiger partial charge < -0.3 is 0 Å². The fraction of sp³-hybridized carbons (Fsp3) is 0.733. The summed E-state index contributed by atoms with van der Waals surface area (Å²) in [7, 11) is -2.85. The van der Waals surface area contributed by atoms with Crippen molar-refractivity contribution in [2.75, 3.05) is 18.1 Å². The lowest BCUT2D eigenvalue weighted by Crippen LogP contribution is -2.52. The number of hydrogen-bond donors (Lipinski definition) is 0. The minimum absolute atomic E-state index is 0.170. The first kappa shape index (κ1) is 14.5. The molecule has 0 amide bonds. The number of thiophene rings is 1. The Morgan fingerprint density at radius 1 is 1.35 bits per heavy atom.